The molecule has 2 aromatic carbocycles. The van der Waals surface area contributed by atoms with Gasteiger partial charge in [0.05, 0.1) is 18.8 Å². The predicted molar refractivity (Wildman–Crippen MR) is 155 cm³/mol. The van der Waals surface area contributed by atoms with E-state index in [1.54, 1.807) is 13.3 Å². The number of amides is 1. The van der Waals surface area contributed by atoms with Gasteiger partial charge in [0, 0.05) is 60.9 Å². The highest BCUT2D eigenvalue weighted by Crippen LogP contribution is 2.29. The molecule has 1 amide bonds. The van der Waals surface area contributed by atoms with Crippen molar-refractivity contribution < 1.29 is 9.53 Å². The summed E-state index contributed by atoms with van der Waals surface area (Å²) < 4.78 is 5.65. The monoisotopic (exact) mass is 529 g/mol. The van der Waals surface area contributed by atoms with Crippen molar-refractivity contribution in [1.82, 2.24) is 25.1 Å². The summed E-state index contributed by atoms with van der Waals surface area (Å²) in [7, 11) is 3.75. The van der Waals surface area contributed by atoms with E-state index in [9.17, 15) is 4.79 Å². The van der Waals surface area contributed by atoms with Crippen molar-refractivity contribution in [3.63, 3.8) is 0 Å². The van der Waals surface area contributed by atoms with Crippen LogP contribution in [0.15, 0.2) is 48.7 Å². The van der Waals surface area contributed by atoms with Gasteiger partial charge in [0.15, 0.2) is 0 Å². The van der Waals surface area contributed by atoms with Gasteiger partial charge in [-0.1, -0.05) is 0 Å². The van der Waals surface area contributed by atoms with E-state index in [1.165, 1.54) is 0 Å². The Hall–Kier alpha value is -3.69. The molecule has 2 aliphatic rings. The maximum atomic E-state index is 13.2. The summed E-state index contributed by atoms with van der Waals surface area (Å²) >= 11 is 0. The van der Waals surface area contributed by atoms with Crippen LogP contribution in [-0.4, -0.2) is 71.6 Å². The molecule has 1 saturated heterocycles. The number of nitrogens with zero attached hydrogens (tertiary/aromatic N) is 4. The summed E-state index contributed by atoms with van der Waals surface area (Å²) in [6, 6.07) is 14.6. The Labute approximate surface area is 231 Å². The molecule has 9 nitrogen and oxygen atoms in total. The number of carbonyl (C=O) groups is 1. The Morgan fingerprint density at radius 3 is 2.79 bits per heavy atom. The number of likely N-dealkylation sites (N-methyl/N-ethyl adjacent to an activating group) is 1. The maximum absolute atomic E-state index is 13.2. The second-order valence-corrected chi connectivity index (χ2v) is 10.8. The maximum Gasteiger partial charge on any atom is 0.237 e. The van der Waals surface area contributed by atoms with Gasteiger partial charge in [-0.25, -0.2) is 9.97 Å². The first-order valence-corrected chi connectivity index (χ1v) is 13.8. The summed E-state index contributed by atoms with van der Waals surface area (Å²) in [5.74, 6) is 1.47. The molecule has 0 spiro atoms. The number of carbonyl (C=O) groups excluding carboxylic acids is 1. The molecule has 0 saturated carbocycles. The molecule has 3 heterocycles. The van der Waals surface area contributed by atoms with Crippen LogP contribution in [0.4, 0.5) is 17.3 Å². The van der Waals surface area contributed by atoms with Crippen molar-refractivity contribution in [1.29, 1.82) is 0 Å². The standard InChI is InChI=1S/C30H39N7O2/c1-20(2)33-24-14-21-15-25(17-24)34-30-32-10-9-26(35-30)22-7-8-28(39-4)23(16-22)19-36(3)13-11-31-29(38)27-6-5-12-37(27)18-21/h7-10,14-17,20,27,33H,5-6,11-13,18-19H2,1-4H3,(H,31,38)(H,32,34,35)/t27-/m0/s1. The first-order chi connectivity index (χ1) is 18.9. The molecule has 0 unspecified atom stereocenters. The first-order valence-electron chi connectivity index (χ1n) is 13.8. The fourth-order valence-corrected chi connectivity index (χ4v) is 5.45. The number of nitrogens with one attached hydrogen (secondary N) is 3. The number of ether oxygens (including phenoxy) is 1. The number of hydrogen-bond donors (Lipinski definition) is 3. The average Bonchev–Trinajstić information content (AvgIpc) is 3.36. The van der Waals surface area contributed by atoms with Crippen molar-refractivity contribution in [3.8, 4) is 17.0 Å². The molecule has 206 valence electrons. The highest BCUT2D eigenvalue weighted by Gasteiger charge is 2.30. The minimum absolute atomic E-state index is 0.109. The van der Waals surface area contributed by atoms with Crippen LogP contribution < -0.4 is 20.7 Å². The highest BCUT2D eigenvalue weighted by molar-refractivity contribution is 5.82. The van der Waals surface area contributed by atoms with Gasteiger partial charge in [-0.05, 0) is 88.3 Å². The second kappa shape index (κ2) is 12.0. The molecule has 39 heavy (non-hydrogen) atoms. The lowest BCUT2D eigenvalue weighted by Crippen LogP contribution is -2.44. The normalized spacial score (nSPS) is 18.8. The quantitative estimate of drug-likeness (QED) is 0.464. The van der Waals surface area contributed by atoms with E-state index >= 15 is 0 Å². The van der Waals surface area contributed by atoms with Gasteiger partial charge < -0.3 is 25.6 Å². The van der Waals surface area contributed by atoms with E-state index < -0.39 is 0 Å². The number of rotatable bonds is 3. The summed E-state index contributed by atoms with van der Waals surface area (Å²) in [4.78, 5) is 27.0. The lowest BCUT2D eigenvalue weighted by molar-refractivity contribution is -0.125. The Kier molecular flexibility index (Phi) is 8.28. The molecule has 3 N–H and O–H groups in total. The van der Waals surface area contributed by atoms with Gasteiger partial charge in [0.2, 0.25) is 11.9 Å². The van der Waals surface area contributed by atoms with Crippen LogP contribution in [0.1, 0.15) is 37.8 Å². The molecule has 6 bridgehead atoms. The number of anilines is 3. The third-order valence-corrected chi connectivity index (χ3v) is 7.22. The topological polar surface area (TPSA) is 94.7 Å². The number of aromatic nitrogens is 2. The molecule has 1 atom stereocenters. The van der Waals surface area contributed by atoms with E-state index in [1.807, 2.05) is 18.2 Å². The first kappa shape index (κ1) is 26.9. The Balaban J connectivity index is 1.53. The van der Waals surface area contributed by atoms with Crippen molar-refractivity contribution >= 4 is 23.2 Å². The highest BCUT2D eigenvalue weighted by atomic mass is 16.5. The van der Waals surface area contributed by atoms with Crippen LogP contribution in [0.3, 0.4) is 0 Å². The molecule has 0 aliphatic carbocycles. The van der Waals surface area contributed by atoms with E-state index in [0.29, 0.717) is 25.6 Å². The smallest absolute Gasteiger partial charge is 0.237 e. The lowest BCUT2D eigenvalue weighted by atomic mass is 10.1. The fourth-order valence-electron chi connectivity index (χ4n) is 5.45. The third-order valence-electron chi connectivity index (χ3n) is 7.22. The van der Waals surface area contributed by atoms with Crippen LogP contribution >= 0.6 is 0 Å². The zero-order chi connectivity index (χ0) is 27.4. The third kappa shape index (κ3) is 6.66. The zero-order valence-electron chi connectivity index (χ0n) is 23.3. The number of methoxy groups -OCH3 is 1. The van der Waals surface area contributed by atoms with Crippen LogP contribution in [0.25, 0.3) is 11.3 Å². The van der Waals surface area contributed by atoms with E-state index in [4.69, 9.17) is 9.72 Å². The van der Waals surface area contributed by atoms with E-state index in [-0.39, 0.29) is 18.0 Å². The van der Waals surface area contributed by atoms with Crippen molar-refractivity contribution in [3.05, 3.63) is 59.8 Å². The number of benzene rings is 2. The van der Waals surface area contributed by atoms with E-state index in [2.05, 4.69) is 75.9 Å². The minimum atomic E-state index is -0.118. The lowest BCUT2D eigenvalue weighted by Gasteiger charge is -2.25. The number of hydrogen-bond acceptors (Lipinski definition) is 8. The zero-order valence-corrected chi connectivity index (χ0v) is 23.3. The summed E-state index contributed by atoms with van der Waals surface area (Å²) in [6.45, 7) is 7.88. The number of fused-ring (bicyclic) bond motifs is 8. The fraction of sp³-hybridized carbons (Fsp3) is 0.433. The average molecular weight is 530 g/mol. The Bertz CT molecular complexity index is 1310. The SMILES string of the molecule is COc1ccc2cc1CN(C)CCNC(=O)[C@@H]1CCCN1Cc1cc(cc(NC(C)C)c1)Nc1nccc-2n1. The predicted octanol–water partition coefficient (Wildman–Crippen LogP) is 4.24. The van der Waals surface area contributed by atoms with Gasteiger partial charge in [0.25, 0.3) is 0 Å². The molecular formula is C30H39N7O2. The Morgan fingerprint density at radius 2 is 1.97 bits per heavy atom. The van der Waals surface area contributed by atoms with Crippen LogP contribution in [0.5, 0.6) is 5.75 Å². The summed E-state index contributed by atoms with van der Waals surface area (Å²) in [6.07, 6.45) is 3.68. The van der Waals surface area contributed by atoms with Gasteiger partial charge in [-0.3, -0.25) is 9.69 Å². The van der Waals surface area contributed by atoms with Crippen molar-refractivity contribution in [2.75, 3.05) is 44.4 Å². The van der Waals surface area contributed by atoms with Gasteiger partial charge in [-0.2, -0.15) is 0 Å². The summed E-state index contributed by atoms with van der Waals surface area (Å²) in [5.41, 5.74) is 5.96. The molecule has 3 aromatic rings. The molecule has 0 radical (unpaired) electrons. The Morgan fingerprint density at radius 1 is 1.10 bits per heavy atom. The van der Waals surface area contributed by atoms with Crippen LogP contribution in [-0.2, 0) is 17.9 Å². The molecule has 2 aliphatic heterocycles. The minimum Gasteiger partial charge on any atom is -0.496 e. The molecular weight excluding hydrogens is 490 g/mol. The second-order valence-electron chi connectivity index (χ2n) is 10.8. The van der Waals surface area contributed by atoms with Crippen LogP contribution in [0.2, 0.25) is 0 Å². The summed E-state index contributed by atoms with van der Waals surface area (Å²) in [5, 5.41) is 10.1. The molecule has 5 rings (SSSR count). The van der Waals surface area contributed by atoms with Crippen LogP contribution in [0, 0.1) is 0 Å². The van der Waals surface area contributed by atoms with Crippen molar-refractivity contribution in [2.45, 2.75) is 51.9 Å². The van der Waals surface area contributed by atoms with Gasteiger partial charge in [-0.15, -0.1) is 0 Å². The van der Waals surface area contributed by atoms with Gasteiger partial charge in [0.1, 0.15) is 5.75 Å². The van der Waals surface area contributed by atoms with Crippen molar-refractivity contribution in [2.24, 2.45) is 0 Å². The van der Waals surface area contributed by atoms with Gasteiger partial charge >= 0.3 is 0 Å². The molecule has 1 fully saturated rings. The molecule has 9 heteroatoms. The molecule has 1 aromatic heterocycles. The largest absolute Gasteiger partial charge is 0.496 e. The van der Waals surface area contributed by atoms with E-state index in [0.717, 1.165) is 65.4 Å².